The molecule has 1 fully saturated rings. The van der Waals surface area contributed by atoms with E-state index in [1.807, 2.05) is 0 Å². The summed E-state index contributed by atoms with van der Waals surface area (Å²) in [5.41, 5.74) is 0.126. The third-order valence-electron chi connectivity index (χ3n) is 2.97. The molecule has 5 nitrogen and oxygen atoms in total. The van der Waals surface area contributed by atoms with Crippen molar-refractivity contribution in [1.82, 2.24) is 10.2 Å². The summed E-state index contributed by atoms with van der Waals surface area (Å²) in [4.78, 5) is 36.4. The number of nitrogens with zero attached hydrogens (tertiary/aromatic N) is 1. The van der Waals surface area contributed by atoms with E-state index in [0.717, 1.165) is 6.07 Å². The van der Waals surface area contributed by atoms with Gasteiger partial charge in [0, 0.05) is 5.56 Å². The molecule has 0 bridgehead atoms. The molecule has 0 aromatic heterocycles. The van der Waals surface area contributed by atoms with Crippen LogP contribution in [0.15, 0.2) is 24.3 Å². The second-order valence-corrected chi connectivity index (χ2v) is 4.28. The van der Waals surface area contributed by atoms with Crippen LogP contribution in [0.2, 0.25) is 0 Å². The molecule has 1 saturated heterocycles. The molecule has 1 N–H and O–H groups in total. The van der Waals surface area contributed by atoms with E-state index in [9.17, 15) is 18.8 Å². The highest BCUT2D eigenvalue weighted by atomic mass is 19.1. The van der Waals surface area contributed by atoms with Crippen molar-refractivity contribution >= 4 is 17.7 Å². The van der Waals surface area contributed by atoms with E-state index in [1.165, 1.54) is 23.1 Å². The molecule has 1 atom stereocenters. The van der Waals surface area contributed by atoms with Crippen LogP contribution in [-0.2, 0) is 9.59 Å². The number of benzene rings is 1. The highest BCUT2D eigenvalue weighted by molar-refractivity contribution is 6.07. The molecule has 0 aliphatic carbocycles. The minimum Gasteiger partial charge on any atom is -0.317 e. The van der Waals surface area contributed by atoms with E-state index in [0.29, 0.717) is 6.42 Å². The fraction of sp³-hybridized carbons (Fsp3) is 0.308. The molecular weight excluding hydrogens is 251 g/mol. The molecule has 2 rings (SSSR count). The molecule has 0 radical (unpaired) electrons. The average Bonchev–Trinajstić information content (AvgIpc) is 2.37. The summed E-state index contributed by atoms with van der Waals surface area (Å²) in [6.45, 7) is 1.55. The summed E-state index contributed by atoms with van der Waals surface area (Å²) in [7, 11) is 0. The van der Waals surface area contributed by atoms with Crippen molar-refractivity contribution in [2.45, 2.75) is 19.4 Å². The van der Waals surface area contributed by atoms with E-state index in [1.54, 1.807) is 6.92 Å². The molecule has 1 heterocycles. The highest BCUT2D eigenvalue weighted by Gasteiger charge is 2.35. The zero-order valence-corrected chi connectivity index (χ0v) is 10.4. The predicted octanol–water partition coefficient (Wildman–Crippen LogP) is 0.703. The molecule has 6 heteroatoms. The molecule has 1 aliphatic rings. The molecule has 100 valence electrons. The Bertz CT molecular complexity index is 544. The van der Waals surface area contributed by atoms with Crippen molar-refractivity contribution in [3.8, 4) is 0 Å². The maximum absolute atomic E-state index is 13.1. The Morgan fingerprint density at radius 3 is 2.84 bits per heavy atom. The van der Waals surface area contributed by atoms with Crippen LogP contribution in [0.25, 0.3) is 0 Å². The number of piperazine rings is 1. The Morgan fingerprint density at radius 2 is 2.21 bits per heavy atom. The van der Waals surface area contributed by atoms with Crippen LogP contribution in [0.5, 0.6) is 0 Å². The molecule has 0 saturated carbocycles. The van der Waals surface area contributed by atoms with Gasteiger partial charge >= 0.3 is 0 Å². The van der Waals surface area contributed by atoms with Crippen LogP contribution in [0.4, 0.5) is 4.39 Å². The Balaban J connectivity index is 2.30. The molecule has 1 unspecified atom stereocenters. The van der Waals surface area contributed by atoms with Crippen molar-refractivity contribution in [3.63, 3.8) is 0 Å². The first kappa shape index (κ1) is 13.2. The minimum atomic E-state index is -0.700. The van der Waals surface area contributed by atoms with E-state index in [4.69, 9.17) is 0 Å². The lowest BCUT2D eigenvalue weighted by molar-refractivity contribution is -0.138. The van der Waals surface area contributed by atoms with Crippen LogP contribution in [0, 0.1) is 5.82 Å². The summed E-state index contributed by atoms with van der Waals surface area (Å²) >= 11 is 0. The molecule has 0 spiro atoms. The molecule has 1 aromatic rings. The topological polar surface area (TPSA) is 66.5 Å². The summed E-state index contributed by atoms with van der Waals surface area (Å²) in [6, 6.07) is 4.48. The van der Waals surface area contributed by atoms with Crippen molar-refractivity contribution in [2.75, 3.05) is 6.54 Å². The van der Waals surface area contributed by atoms with Gasteiger partial charge in [-0.3, -0.25) is 19.7 Å². The number of hydrogen-bond donors (Lipinski definition) is 1. The summed E-state index contributed by atoms with van der Waals surface area (Å²) < 4.78 is 13.1. The predicted molar refractivity (Wildman–Crippen MR) is 64.7 cm³/mol. The standard InChI is InChI=1S/C13H13FN2O3/c1-2-10-12(18)15-11(17)7-16(10)13(19)8-4-3-5-9(14)6-8/h3-6,10H,2,7H2,1H3,(H,15,17,18). The lowest BCUT2D eigenvalue weighted by atomic mass is 10.1. The minimum absolute atomic E-state index is 0.126. The van der Waals surface area contributed by atoms with Crippen LogP contribution in [0.3, 0.4) is 0 Å². The normalized spacial score (nSPS) is 19.3. The van der Waals surface area contributed by atoms with Crippen molar-refractivity contribution < 1.29 is 18.8 Å². The van der Waals surface area contributed by atoms with Crippen LogP contribution in [0.1, 0.15) is 23.7 Å². The first-order chi connectivity index (χ1) is 9.02. The largest absolute Gasteiger partial charge is 0.317 e. The second-order valence-electron chi connectivity index (χ2n) is 4.28. The number of nitrogens with one attached hydrogen (secondary N) is 1. The number of carbonyl (C=O) groups excluding carboxylic acids is 3. The average molecular weight is 264 g/mol. The van der Waals surface area contributed by atoms with E-state index >= 15 is 0 Å². The molecule has 3 amide bonds. The number of amides is 3. The number of imide groups is 1. The molecule has 1 aromatic carbocycles. The van der Waals surface area contributed by atoms with Gasteiger partial charge in [-0.15, -0.1) is 0 Å². The maximum Gasteiger partial charge on any atom is 0.255 e. The third-order valence-corrected chi connectivity index (χ3v) is 2.97. The van der Waals surface area contributed by atoms with E-state index < -0.39 is 29.6 Å². The summed E-state index contributed by atoms with van der Waals surface area (Å²) in [5, 5.41) is 2.18. The quantitative estimate of drug-likeness (QED) is 0.800. The highest BCUT2D eigenvalue weighted by Crippen LogP contribution is 2.14. The van der Waals surface area contributed by atoms with Crippen LogP contribution in [-0.4, -0.2) is 35.2 Å². The van der Waals surface area contributed by atoms with Gasteiger partial charge in [0.15, 0.2) is 0 Å². The van der Waals surface area contributed by atoms with Gasteiger partial charge in [-0.05, 0) is 24.6 Å². The third kappa shape index (κ3) is 2.62. The van der Waals surface area contributed by atoms with Gasteiger partial charge in [0.2, 0.25) is 11.8 Å². The SMILES string of the molecule is CCC1C(=O)NC(=O)CN1C(=O)c1cccc(F)c1. The van der Waals surface area contributed by atoms with Gasteiger partial charge in [-0.25, -0.2) is 4.39 Å². The molecule has 1 aliphatic heterocycles. The maximum atomic E-state index is 13.1. The second kappa shape index (κ2) is 5.17. The Morgan fingerprint density at radius 1 is 1.47 bits per heavy atom. The smallest absolute Gasteiger partial charge is 0.255 e. The first-order valence-corrected chi connectivity index (χ1v) is 5.93. The summed E-state index contributed by atoms with van der Waals surface area (Å²) in [5.74, 6) is -2.08. The Hall–Kier alpha value is -2.24. The van der Waals surface area contributed by atoms with Crippen molar-refractivity contribution in [2.24, 2.45) is 0 Å². The number of hydrogen-bond acceptors (Lipinski definition) is 3. The van der Waals surface area contributed by atoms with Crippen LogP contribution < -0.4 is 5.32 Å². The van der Waals surface area contributed by atoms with Crippen LogP contribution >= 0.6 is 0 Å². The fourth-order valence-corrected chi connectivity index (χ4v) is 2.07. The van der Waals surface area contributed by atoms with Crippen molar-refractivity contribution in [1.29, 1.82) is 0 Å². The summed E-state index contributed by atoms with van der Waals surface area (Å²) in [6.07, 6.45) is 0.389. The van der Waals surface area contributed by atoms with E-state index in [2.05, 4.69) is 5.32 Å². The lowest BCUT2D eigenvalue weighted by Crippen LogP contribution is -2.59. The zero-order chi connectivity index (χ0) is 14.0. The molecule has 19 heavy (non-hydrogen) atoms. The number of carbonyl (C=O) groups is 3. The van der Waals surface area contributed by atoms with Gasteiger partial charge in [-0.2, -0.15) is 0 Å². The number of rotatable bonds is 2. The first-order valence-electron chi connectivity index (χ1n) is 5.93. The van der Waals surface area contributed by atoms with Gasteiger partial charge in [0.05, 0.1) is 0 Å². The lowest BCUT2D eigenvalue weighted by Gasteiger charge is -2.33. The van der Waals surface area contributed by atoms with Crippen molar-refractivity contribution in [3.05, 3.63) is 35.6 Å². The number of halogens is 1. The van der Waals surface area contributed by atoms with Gasteiger partial charge in [0.1, 0.15) is 18.4 Å². The van der Waals surface area contributed by atoms with E-state index in [-0.39, 0.29) is 12.1 Å². The van der Waals surface area contributed by atoms with Gasteiger partial charge < -0.3 is 4.90 Å². The fourth-order valence-electron chi connectivity index (χ4n) is 2.07. The zero-order valence-electron chi connectivity index (χ0n) is 10.4. The van der Waals surface area contributed by atoms with Gasteiger partial charge in [-0.1, -0.05) is 13.0 Å². The Kier molecular flexibility index (Phi) is 3.59. The van der Waals surface area contributed by atoms with Gasteiger partial charge in [0.25, 0.3) is 5.91 Å². The Labute approximate surface area is 109 Å². The molecular formula is C13H13FN2O3. The monoisotopic (exact) mass is 264 g/mol.